The van der Waals surface area contributed by atoms with Crippen molar-refractivity contribution < 1.29 is 14.4 Å². The highest BCUT2D eigenvalue weighted by molar-refractivity contribution is 6.63. The lowest BCUT2D eigenvalue weighted by Crippen LogP contribution is -2.30. The van der Waals surface area contributed by atoms with Crippen molar-refractivity contribution in [1.82, 2.24) is 0 Å². The zero-order valence-corrected chi connectivity index (χ0v) is 9.28. The van der Waals surface area contributed by atoms with Gasteiger partial charge in [0.05, 0.1) is 12.7 Å². The van der Waals surface area contributed by atoms with Gasteiger partial charge in [-0.05, 0) is 38.0 Å². The van der Waals surface area contributed by atoms with Gasteiger partial charge in [-0.15, -0.1) is 0 Å². The van der Waals surface area contributed by atoms with E-state index in [4.69, 9.17) is 9.39 Å². The SMILES string of the molecule is CCOc1ccc(C)c2c1B(O)OC2C. The highest BCUT2D eigenvalue weighted by Crippen LogP contribution is 2.29. The number of rotatable bonds is 2. The second kappa shape index (κ2) is 3.87. The van der Waals surface area contributed by atoms with Gasteiger partial charge in [-0.1, -0.05) is 6.07 Å². The summed E-state index contributed by atoms with van der Waals surface area (Å²) in [6.07, 6.45) is -0.0598. The molecule has 1 aliphatic heterocycles. The molecule has 1 heterocycles. The number of benzene rings is 1. The maximum absolute atomic E-state index is 9.78. The Hall–Kier alpha value is -0.995. The number of aryl methyl sites for hydroxylation is 1. The molecule has 15 heavy (non-hydrogen) atoms. The van der Waals surface area contributed by atoms with Crippen LogP contribution in [0.2, 0.25) is 0 Å². The van der Waals surface area contributed by atoms with Gasteiger partial charge >= 0.3 is 7.12 Å². The second-order valence-electron chi connectivity index (χ2n) is 3.77. The van der Waals surface area contributed by atoms with Gasteiger partial charge in [0.25, 0.3) is 0 Å². The lowest BCUT2D eigenvalue weighted by Gasteiger charge is -2.11. The lowest BCUT2D eigenvalue weighted by atomic mass is 9.77. The zero-order valence-electron chi connectivity index (χ0n) is 9.28. The number of hydrogen-bond donors (Lipinski definition) is 1. The van der Waals surface area contributed by atoms with E-state index in [1.165, 1.54) is 0 Å². The Kier molecular flexibility index (Phi) is 2.71. The van der Waals surface area contributed by atoms with Crippen molar-refractivity contribution in [3.05, 3.63) is 23.3 Å². The molecule has 3 nitrogen and oxygen atoms in total. The van der Waals surface area contributed by atoms with E-state index in [0.717, 1.165) is 22.3 Å². The standard InChI is InChI=1S/C11H15BO3/c1-4-14-9-6-5-7(2)10-8(3)15-12(13)11(9)10/h5-6,8,13H,4H2,1-3H3. The average molecular weight is 206 g/mol. The van der Waals surface area contributed by atoms with Crippen LogP contribution in [-0.4, -0.2) is 18.7 Å². The van der Waals surface area contributed by atoms with Crippen LogP contribution in [0.3, 0.4) is 0 Å². The minimum Gasteiger partial charge on any atom is -0.494 e. The predicted octanol–water partition coefficient (Wildman–Crippen LogP) is 1.17. The van der Waals surface area contributed by atoms with Crippen molar-refractivity contribution in [2.75, 3.05) is 6.61 Å². The molecule has 4 heteroatoms. The first kappa shape index (κ1) is 10.5. The monoisotopic (exact) mass is 206 g/mol. The van der Waals surface area contributed by atoms with E-state index < -0.39 is 7.12 Å². The van der Waals surface area contributed by atoms with Gasteiger partial charge in [0, 0.05) is 5.46 Å². The topological polar surface area (TPSA) is 38.7 Å². The van der Waals surface area contributed by atoms with Gasteiger partial charge in [-0.3, -0.25) is 0 Å². The maximum Gasteiger partial charge on any atom is 0.495 e. The fourth-order valence-corrected chi connectivity index (χ4v) is 2.13. The van der Waals surface area contributed by atoms with Gasteiger partial charge in [-0.25, -0.2) is 0 Å². The Bertz CT molecular complexity index is 378. The van der Waals surface area contributed by atoms with Crippen LogP contribution < -0.4 is 10.2 Å². The van der Waals surface area contributed by atoms with E-state index in [2.05, 4.69) is 0 Å². The summed E-state index contributed by atoms with van der Waals surface area (Å²) in [4.78, 5) is 0. The Morgan fingerprint density at radius 2 is 2.27 bits per heavy atom. The largest absolute Gasteiger partial charge is 0.495 e. The molecular formula is C11H15BO3. The third-order valence-electron chi connectivity index (χ3n) is 2.75. The molecule has 1 aromatic carbocycles. The van der Waals surface area contributed by atoms with Crippen LogP contribution in [-0.2, 0) is 4.65 Å². The normalized spacial score (nSPS) is 19.2. The van der Waals surface area contributed by atoms with Crippen LogP contribution in [0, 0.1) is 6.92 Å². The number of ether oxygens (including phenoxy) is 1. The molecule has 0 aromatic heterocycles. The molecule has 0 aliphatic carbocycles. The summed E-state index contributed by atoms with van der Waals surface area (Å²) in [7, 11) is -0.851. The molecule has 0 amide bonds. The molecule has 0 spiro atoms. The second-order valence-corrected chi connectivity index (χ2v) is 3.77. The van der Waals surface area contributed by atoms with Crippen LogP contribution in [0.15, 0.2) is 12.1 Å². The van der Waals surface area contributed by atoms with Crippen molar-refractivity contribution >= 4 is 12.6 Å². The van der Waals surface area contributed by atoms with Crippen LogP contribution in [0.1, 0.15) is 31.1 Å². The Morgan fingerprint density at radius 3 is 2.93 bits per heavy atom. The van der Waals surface area contributed by atoms with Gasteiger partial charge in [0.1, 0.15) is 5.75 Å². The molecular weight excluding hydrogens is 191 g/mol. The molecule has 1 aromatic rings. The predicted molar refractivity (Wildman–Crippen MR) is 59.5 cm³/mol. The van der Waals surface area contributed by atoms with E-state index in [1.54, 1.807) is 0 Å². The van der Waals surface area contributed by atoms with Crippen molar-refractivity contribution in [3.63, 3.8) is 0 Å². The third-order valence-corrected chi connectivity index (χ3v) is 2.75. The first-order chi connectivity index (χ1) is 7.15. The molecule has 0 fully saturated rings. The van der Waals surface area contributed by atoms with Crippen molar-refractivity contribution in [2.24, 2.45) is 0 Å². The fraction of sp³-hybridized carbons (Fsp3) is 0.455. The molecule has 0 saturated heterocycles. The molecule has 0 saturated carbocycles. The van der Waals surface area contributed by atoms with E-state index in [9.17, 15) is 5.02 Å². The zero-order chi connectivity index (χ0) is 11.0. The molecule has 1 atom stereocenters. The fourth-order valence-electron chi connectivity index (χ4n) is 2.13. The summed E-state index contributed by atoms with van der Waals surface area (Å²) in [6, 6.07) is 3.89. The van der Waals surface area contributed by atoms with E-state index in [1.807, 2.05) is 32.9 Å². The highest BCUT2D eigenvalue weighted by atomic mass is 16.5. The van der Waals surface area contributed by atoms with Gasteiger partial charge in [0.15, 0.2) is 0 Å². The van der Waals surface area contributed by atoms with E-state index in [0.29, 0.717) is 6.61 Å². The molecule has 1 unspecified atom stereocenters. The average Bonchev–Trinajstić information content (AvgIpc) is 2.48. The molecule has 2 rings (SSSR count). The van der Waals surface area contributed by atoms with Crippen molar-refractivity contribution in [3.8, 4) is 5.75 Å². The lowest BCUT2D eigenvalue weighted by molar-refractivity contribution is 0.208. The summed E-state index contributed by atoms with van der Waals surface area (Å²) in [5.74, 6) is 0.731. The third kappa shape index (κ3) is 1.64. The number of fused-ring (bicyclic) bond motifs is 1. The summed E-state index contributed by atoms with van der Waals surface area (Å²) in [5, 5.41) is 9.78. The van der Waals surface area contributed by atoms with Gasteiger partial charge in [-0.2, -0.15) is 0 Å². The summed E-state index contributed by atoms with van der Waals surface area (Å²) < 4.78 is 10.9. The smallest absolute Gasteiger partial charge is 0.494 e. The Labute approximate surface area is 90.2 Å². The summed E-state index contributed by atoms with van der Waals surface area (Å²) >= 11 is 0. The van der Waals surface area contributed by atoms with E-state index in [-0.39, 0.29) is 6.10 Å². The molecule has 80 valence electrons. The first-order valence-corrected chi connectivity index (χ1v) is 5.24. The maximum atomic E-state index is 9.78. The van der Waals surface area contributed by atoms with Gasteiger partial charge < -0.3 is 14.4 Å². The van der Waals surface area contributed by atoms with Crippen LogP contribution in [0.25, 0.3) is 0 Å². The van der Waals surface area contributed by atoms with Gasteiger partial charge in [0.2, 0.25) is 0 Å². The van der Waals surface area contributed by atoms with Crippen LogP contribution in [0.4, 0.5) is 0 Å². The quantitative estimate of drug-likeness (QED) is 0.738. The van der Waals surface area contributed by atoms with Crippen molar-refractivity contribution in [1.29, 1.82) is 0 Å². The van der Waals surface area contributed by atoms with Crippen LogP contribution >= 0.6 is 0 Å². The molecule has 1 aliphatic rings. The Balaban J connectivity index is 2.54. The minimum absolute atomic E-state index is 0.0598. The van der Waals surface area contributed by atoms with Crippen LogP contribution in [0.5, 0.6) is 5.75 Å². The highest BCUT2D eigenvalue weighted by Gasteiger charge is 2.36. The van der Waals surface area contributed by atoms with Crippen molar-refractivity contribution in [2.45, 2.75) is 26.9 Å². The van der Waals surface area contributed by atoms with E-state index >= 15 is 0 Å². The first-order valence-electron chi connectivity index (χ1n) is 5.24. The Morgan fingerprint density at radius 1 is 1.53 bits per heavy atom. The minimum atomic E-state index is -0.851. The molecule has 0 radical (unpaired) electrons. The number of hydrogen-bond acceptors (Lipinski definition) is 3. The molecule has 1 N–H and O–H groups in total. The molecule has 0 bridgehead atoms. The summed E-state index contributed by atoms with van der Waals surface area (Å²) in [6.45, 7) is 6.48. The summed E-state index contributed by atoms with van der Waals surface area (Å²) in [5.41, 5.74) is 3.00.